The first kappa shape index (κ1) is 47.5. The Balaban J connectivity index is 0.858. The van der Waals surface area contributed by atoms with Crippen LogP contribution in [0.15, 0.2) is 328 Å². The van der Waals surface area contributed by atoms with Crippen LogP contribution in [-0.4, -0.2) is 4.57 Å². The van der Waals surface area contributed by atoms with Gasteiger partial charge in [0, 0.05) is 33.4 Å². The third kappa shape index (κ3) is 7.08. The van der Waals surface area contributed by atoms with Crippen LogP contribution in [0, 0.1) is 0 Å². The first-order chi connectivity index (χ1) is 40.7. The molecule has 0 radical (unpaired) electrons. The maximum Gasteiger partial charge on any atom is 0.0714 e. The summed E-state index contributed by atoms with van der Waals surface area (Å²) in [4.78, 5) is 2.52. The maximum absolute atomic E-state index is 2.52. The van der Waals surface area contributed by atoms with Gasteiger partial charge in [0.05, 0.1) is 27.6 Å². The van der Waals surface area contributed by atoms with E-state index in [9.17, 15) is 0 Å². The fraction of sp³-hybridized carbons (Fsp3) is 0.0250. The molecule has 82 heavy (non-hydrogen) atoms. The molecule has 0 aliphatic heterocycles. The van der Waals surface area contributed by atoms with Gasteiger partial charge in [-0.3, -0.25) is 0 Å². The first-order valence-electron chi connectivity index (χ1n) is 28.5. The number of benzene rings is 13. The van der Waals surface area contributed by atoms with Gasteiger partial charge < -0.3 is 9.47 Å². The number of hydrogen-bond acceptors (Lipinski definition) is 1. The fourth-order valence-corrected chi connectivity index (χ4v) is 14.3. The normalized spacial score (nSPS) is 13.3. The van der Waals surface area contributed by atoms with E-state index >= 15 is 0 Å². The van der Waals surface area contributed by atoms with Crippen LogP contribution in [0.3, 0.4) is 0 Å². The highest BCUT2D eigenvalue weighted by atomic mass is 15.1. The number of para-hydroxylation sites is 2. The number of anilines is 3. The number of aromatic nitrogens is 1. The first-order valence-corrected chi connectivity index (χ1v) is 28.5. The average molecular weight is 1040 g/mol. The molecular formula is C80H54N2. The molecule has 2 nitrogen and oxygen atoms in total. The Morgan fingerprint density at radius 2 is 0.683 bits per heavy atom. The topological polar surface area (TPSA) is 8.17 Å². The van der Waals surface area contributed by atoms with E-state index in [1.807, 2.05) is 0 Å². The van der Waals surface area contributed by atoms with Crippen molar-refractivity contribution in [1.82, 2.24) is 4.57 Å². The van der Waals surface area contributed by atoms with E-state index in [4.69, 9.17) is 0 Å². The van der Waals surface area contributed by atoms with E-state index in [0.29, 0.717) is 0 Å². The SMILES string of the molecule is c1ccc(-n2c3ccccc3c3cc(-c4ccc(-c5ccc(N(c6ccc7c(c6)-c6ccccc6C7(c6ccccc6)c6ccccc6)c6cccc7c6-c6ccccc6C7(c6ccccc6)c6ccccc6)cc5)cc4)ccc32)cc1. The molecule has 14 aromatic rings. The van der Waals surface area contributed by atoms with Crippen LogP contribution < -0.4 is 4.90 Å². The predicted octanol–water partition coefficient (Wildman–Crippen LogP) is 20.3. The molecule has 0 N–H and O–H groups in total. The Labute approximate surface area is 478 Å². The molecule has 1 aromatic heterocycles. The molecule has 0 atom stereocenters. The lowest BCUT2D eigenvalue weighted by molar-refractivity contribution is 0.768. The van der Waals surface area contributed by atoms with E-state index in [1.54, 1.807) is 0 Å². The summed E-state index contributed by atoms with van der Waals surface area (Å²) in [5.74, 6) is 0. The standard InChI is InChI=1S/C80H54N2/c1-6-23-59(24-7-1)79(60-25-8-2-9-26-60)71-36-19-16-33-66(71)69-54-65(50-51-73(69)79)81(77-40-22-38-74-78(77)68-35-17-20-37-72(68)80(74,61-27-10-3-11-28-61)62-29-12-4-13-30-62)64-48-45-56(46-49-64)55-41-43-57(44-42-55)58-47-52-76-70(53-58)67-34-18-21-39-75(67)82(76)63-31-14-5-15-32-63/h1-54H. The molecule has 0 saturated heterocycles. The monoisotopic (exact) mass is 1040 g/mol. The van der Waals surface area contributed by atoms with Crippen LogP contribution in [0.4, 0.5) is 17.1 Å². The molecule has 0 unspecified atom stereocenters. The Morgan fingerprint density at radius 1 is 0.256 bits per heavy atom. The number of rotatable bonds is 10. The van der Waals surface area contributed by atoms with Crippen molar-refractivity contribution in [2.45, 2.75) is 10.8 Å². The lowest BCUT2D eigenvalue weighted by Gasteiger charge is -2.35. The average Bonchev–Trinajstić information content (AvgIpc) is 2.30. The molecule has 16 rings (SSSR count). The summed E-state index contributed by atoms with van der Waals surface area (Å²) in [5.41, 5.74) is 25.6. The molecule has 1 heterocycles. The smallest absolute Gasteiger partial charge is 0.0714 e. The summed E-state index contributed by atoms with van der Waals surface area (Å²) in [7, 11) is 0. The molecule has 2 aliphatic rings. The second-order valence-corrected chi connectivity index (χ2v) is 21.9. The summed E-state index contributed by atoms with van der Waals surface area (Å²) in [6.07, 6.45) is 0. The molecule has 0 amide bonds. The Hall–Kier alpha value is -10.5. The number of nitrogens with zero attached hydrogens (tertiary/aromatic N) is 2. The molecule has 2 aliphatic carbocycles. The van der Waals surface area contributed by atoms with Gasteiger partial charge in [0.25, 0.3) is 0 Å². The molecule has 0 bridgehead atoms. The van der Waals surface area contributed by atoms with Crippen molar-refractivity contribution >= 4 is 38.9 Å². The van der Waals surface area contributed by atoms with Gasteiger partial charge in [-0.2, -0.15) is 0 Å². The minimum Gasteiger partial charge on any atom is -0.310 e. The largest absolute Gasteiger partial charge is 0.310 e. The number of hydrogen-bond donors (Lipinski definition) is 0. The van der Waals surface area contributed by atoms with Crippen LogP contribution in [0.2, 0.25) is 0 Å². The minimum atomic E-state index is -0.555. The molecule has 0 spiro atoms. The highest BCUT2D eigenvalue weighted by molar-refractivity contribution is 6.10. The summed E-state index contributed by atoms with van der Waals surface area (Å²) >= 11 is 0. The lowest BCUT2D eigenvalue weighted by atomic mass is 9.67. The zero-order valence-electron chi connectivity index (χ0n) is 45.1. The summed E-state index contributed by atoms with van der Waals surface area (Å²) in [5, 5.41) is 2.50. The predicted molar refractivity (Wildman–Crippen MR) is 341 cm³/mol. The van der Waals surface area contributed by atoms with Crippen LogP contribution in [0.25, 0.3) is 72.0 Å². The Bertz CT molecular complexity index is 4620. The summed E-state index contributed by atoms with van der Waals surface area (Å²) in [6, 6.07) is 121. The van der Waals surface area contributed by atoms with E-state index in [-0.39, 0.29) is 0 Å². The van der Waals surface area contributed by atoms with E-state index in [1.165, 1.54) is 105 Å². The molecular weight excluding hydrogens is 989 g/mol. The van der Waals surface area contributed by atoms with Gasteiger partial charge >= 0.3 is 0 Å². The van der Waals surface area contributed by atoms with Crippen molar-refractivity contribution in [2.24, 2.45) is 0 Å². The quantitative estimate of drug-likeness (QED) is 0.133. The third-order valence-corrected chi connectivity index (χ3v) is 17.8. The second-order valence-electron chi connectivity index (χ2n) is 21.9. The lowest BCUT2D eigenvalue weighted by Crippen LogP contribution is -2.28. The van der Waals surface area contributed by atoms with Crippen molar-refractivity contribution < 1.29 is 0 Å². The van der Waals surface area contributed by atoms with Crippen LogP contribution >= 0.6 is 0 Å². The Kier molecular flexibility index (Phi) is 11.0. The molecule has 0 fully saturated rings. The van der Waals surface area contributed by atoms with Gasteiger partial charge in [-0.05, 0) is 144 Å². The zero-order chi connectivity index (χ0) is 54.2. The van der Waals surface area contributed by atoms with Gasteiger partial charge in [-0.25, -0.2) is 0 Å². The summed E-state index contributed by atoms with van der Waals surface area (Å²) in [6.45, 7) is 0. The van der Waals surface area contributed by atoms with Gasteiger partial charge in [-0.15, -0.1) is 0 Å². The molecule has 2 heteroatoms. The zero-order valence-corrected chi connectivity index (χ0v) is 45.1. The van der Waals surface area contributed by atoms with E-state index in [2.05, 4.69) is 337 Å². The minimum absolute atomic E-state index is 0.511. The Morgan fingerprint density at radius 3 is 1.29 bits per heavy atom. The van der Waals surface area contributed by atoms with Crippen molar-refractivity contribution in [3.63, 3.8) is 0 Å². The van der Waals surface area contributed by atoms with Crippen LogP contribution in [0.1, 0.15) is 44.5 Å². The van der Waals surface area contributed by atoms with Crippen LogP contribution in [-0.2, 0) is 10.8 Å². The van der Waals surface area contributed by atoms with Crippen molar-refractivity contribution in [2.75, 3.05) is 4.90 Å². The van der Waals surface area contributed by atoms with Crippen molar-refractivity contribution in [3.8, 4) is 50.2 Å². The van der Waals surface area contributed by atoms with Gasteiger partial charge in [0.1, 0.15) is 0 Å². The maximum atomic E-state index is 2.52. The van der Waals surface area contributed by atoms with Crippen LogP contribution in [0.5, 0.6) is 0 Å². The van der Waals surface area contributed by atoms with E-state index in [0.717, 1.165) is 28.3 Å². The highest BCUT2D eigenvalue weighted by Gasteiger charge is 2.49. The highest BCUT2D eigenvalue weighted by Crippen LogP contribution is 2.61. The second kappa shape index (κ2) is 19.1. The molecule has 0 saturated carbocycles. The molecule has 13 aromatic carbocycles. The third-order valence-electron chi connectivity index (χ3n) is 17.8. The number of fused-ring (bicyclic) bond motifs is 9. The van der Waals surface area contributed by atoms with E-state index < -0.39 is 10.8 Å². The van der Waals surface area contributed by atoms with Gasteiger partial charge in [0.15, 0.2) is 0 Å². The molecule has 384 valence electrons. The van der Waals surface area contributed by atoms with Crippen molar-refractivity contribution in [1.29, 1.82) is 0 Å². The van der Waals surface area contributed by atoms with Gasteiger partial charge in [0.2, 0.25) is 0 Å². The van der Waals surface area contributed by atoms with Crippen molar-refractivity contribution in [3.05, 3.63) is 372 Å². The van der Waals surface area contributed by atoms with Gasteiger partial charge in [-0.1, -0.05) is 267 Å². The summed E-state index contributed by atoms with van der Waals surface area (Å²) < 4.78 is 2.38. The fourth-order valence-electron chi connectivity index (χ4n) is 14.3.